The number of carbonyl (C=O) groups is 1. The Bertz CT molecular complexity index is 797. The highest BCUT2D eigenvalue weighted by atomic mass is 32.2. The van der Waals surface area contributed by atoms with Gasteiger partial charge in [0.2, 0.25) is 0 Å². The highest BCUT2D eigenvalue weighted by molar-refractivity contribution is 8.01. The van der Waals surface area contributed by atoms with Gasteiger partial charge in [-0.05, 0) is 18.6 Å². The third-order valence-electron chi connectivity index (χ3n) is 3.27. The fourth-order valence-electron chi connectivity index (χ4n) is 2.15. The smallest absolute Gasteiger partial charge is 0.321 e. The van der Waals surface area contributed by atoms with E-state index in [1.165, 1.54) is 40.9 Å². The third-order valence-corrected chi connectivity index (χ3v) is 6.49. The number of nitro groups is 1. The van der Waals surface area contributed by atoms with Crippen LogP contribution in [0.15, 0.2) is 27.4 Å². The molecule has 0 bridgehead atoms. The van der Waals surface area contributed by atoms with Crippen molar-refractivity contribution in [2.75, 3.05) is 5.75 Å². The molecule has 1 saturated heterocycles. The molecule has 2 N–H and O–H groups in total. The van der Waals surface area contributed by atoms with Crippen molar-refractivity contribution in [3.63, 3.8) is 0 Å². The number of thioether (sulfide) groups is 1. The van der Waals surface area contributed by atoms with Crippen molar-refractivity contribution >= 4 is 46.5 Å². The van der Waals surface area contributed by atoms with E-state index in [1.807, 2.05) is 6.92 Å². The van der Waals surface area contributed by atoms with Crippen LogP contribution in [0.4, 0.5) is 5.69 Å². The summed E-state index contributed by atoms with van der Waals surface area (Å²) in [5.74, 6) is -0.493. The Morgan fingerprint density at radius 1 is 1.50 bits per heavy atom. The number of nitro benzene ring substituents is 1. The zero-order valence-electron chi connectivity index (χ0n) is 12.3. The first-order valence-corrected chi connectivity index (χ1v) is 9.49. The fraction of sp³-hybridized carbons (Fsp3) is 0.308. The van der Waals surface area contributed by atoms with Gasteiger partial charge in [0.25, 0.3) is 5.69 Å². The predicted molar refractivity (Wildman–Crippen MR) is 91.6 cm³/mol. The Balaban J connectivity index is 1.85. The van der Waals surface area contributed by atoms with Crippen LogP contribution in [0.25, 0.3) is 0 Å². The molecule has 0 amide bonds. The first kappa shape index (κ1) is 17.1. The molecule has 1 fully saturated rings. The molecule has 2 unspecified atom stereocenters. The van der Waals surface area contributed by atoms with Gasteiger partial charge in [-0.15, -0.1) is 22.0 Å². The number of rotatable bonds is 5. The molecule has 3 rings (SSSR count). The van der Waals surface area contributed by atoms with Gasteiger partial charge in [-0.25, -0.2) is 0 Å². The summed E-state index contributed by atoms with van der Waals surface area (Å²) in [7, 11) is 0. The van der Waals surface area contributed by atoms with Crippen molar-refractivity contribution in [3.05, 3.63) is 38.9 Å². The maximum atomic E-state index is 11.4. The molecule has 1 aromatic heterocycles. The van der Waals surface area contributed by atoms with Gasteiger partial charge in [-0.3, -0.25) is 20.2 Å². The molecule has 126 valence electrons. The van der Waals surface area contributed by atoms with E-state index in [1.54, 1.807) is 12.1 Å². The highest BCUT2D eigenvalue weighted by Gasteiger charge is 2.31. The molecule has 11 heteroatoms. The van der Waals surface area contributed by atoms with Crippen molar-refractivity contribution < 1.29 is 14.8 Å². The van der Waals surface area contributed by atoms with Crippen LogP contribution in [0.1, 0.15) is 15.9 Å². The van der Waals surface area contributed by atoms with Gasteiger partial charge in [0.15, 0.2) is 4.34 Å². The maximum Gasteiger partial charge on any atom is 0.321 e. The summed E-state index contributed by atoms with van der Waals surface area (Å²) < 4.78 is 0.641. The summed E-state index contributed by atoms with van der Waals surface area (Å²) in [6, 6.07) is 4.30. The lowest BCUT2D eigenvalue weighted by molar-refractivity contribution is -0.387. The summed E-state index contributed by atoms with van der Waals surface area (Å²) >= 11 is 4.00. The third kappa shape index (κ3) is 3.69. The topological polar surface area (TPSA) is 118 Å². The number of nitrogens with one attached hydrogen (secondary N) is 1. The van der Waals surface area contributed by atoms with Gasteiger partial charge in [-0.1, -0.05) is 29.2 Å². The second kappa shape index (κ2) is 7.05. The first-order valence-electron chi connectivity index (χ1n) is 6.81. The van der Waals surface area contributed by atoms with Crippen LogP contribution >= 0.6 is 34.9 Å². The molecule has 8 nitrogen and oxygen atoms in total. The summed E-state index contributed by atoms with van der Waals surface area (Å²) in [6.45, 7) is 1.82. The number of hydrogen-bond donors (Lipinski definition) is 2. The van der Waals surface area contributed by atoms with Crippen LogP contribution in [0.2, 0.25) is 0 Å². The monoisotopic (exact) mass is 384 g/mol. The maximum absolute atomic E-state index is 11.4. The average Bonchev–Trinajstić information content (AvgIpc) is 3.17. The Labute approximate surface area is 149 Å². The average molecular weight is 384 g/mol. The molecule has 2 heterocycles. The van der Waals surface area contributed by atoms with Crippen molar-refractivity contribution in [1.82, 2.24) is 15.5 Å². The fourth-order valence-corrected chi connectivity index (χ4v) is 5.23. The summed E-state index contributed by atoms with van der Waals surface area (Å²) in [4.78, 5) is 22.5. The molecule has 0 radical (unpaired) electrons. The van der Waals surface area contributed by atoms with Crippen molar-refractivity contribution in [1.29, 1.82) is 0 Å². The standard InChI is InChI=1S/C13H12N4O4S3/c1-6-15-16-13(23-6)24-10-3-2-7(4-9(10)17(20)21)11-14-8(5-22-11)12(18)19/h2-4,8,11,14H,5H2,1H3,(H,18,19). The van der Waals surface area contributed by atoms with E-state index in [2.05, 4.69) is 15.5 Å². The lowest BCUT2D eigenvalue weighted by Gasteiger charge is -2.12. The molecule has 0 saturated carbocycles. The van der Waals surface area contributed by atoms with E-state index in [9.17, 15) is 14.9 Å². The van der Waals surface area contributed by atoms with Gasteiger partial charge >= 0.3 is 5.97 Å². The van der Waals surface area contributed by atoms with Crippen LogP contribution in [-0.2, 0) is 4.79 Å². The van der Waals surface area contributed by atoms with Crippen LogP contribution in [0.5, 0.6) is 0 Å². The lowest BCUT2D eigenvalue weighted by atomic mass is 10.2. The normalized spacial score (nSPS) is 20.2. The van der Waals surface area contributed by atoms with Crippen molar-refractivity contribution in [3.8, 4) is 0 Å². The number of aromatic nitrogens is 2. The predicted octanol–water partition coefficient (Wildman–Crippen LogP) is 2.69. The highest BCUT2D eigenvalue weighted by Crippen LogP contribution is 2.40. The second-order valence-corrected chi connectivity index (χ2v) is 8.55. The SMILES string of the molecule is Cc1nnc(Sc2ccc(C3NC(C(=O)O)CS3)cc2[N+](=O)[O-])s1. The van der Waals surface area contributed by atoms with Gasteiger partial charge in [-0.2, -0.15) is 0 Å². The van der Waals surface area contributed by atoms with Crippen LogP contribution < -0.4 is 5.32 Å². The molecule has 0 aliphatic carbocycles. The number of aliphatic carboxylic acids is 1. The summed E-state index contributed by atoms with van der Waals surface area (Å²) in [6.07, 6.45) is 0. The molecular weight excluding hydrogens is 372 g/mol. The van der Waals surface area contributed by atoms with E-state index in [0.717, 1.165) is 5.01 Å². The zero-order chi connectivity index (χ0) is 17.3. The minimum absolute atomic E-state index is 0.0217. The number of hydrogen-bond acceptors (Lipinski definition) is 9. The van der Waals surface area contributed by atoms with Gasteiger partial charge in [0.05, 0.1) is 15.2 Å². The quantitative estimate of drug-likeness (QED) is 0.592. The number of aryl methyl sites for hydroxylation is 1. The van der Waals surface area contributed by atoms with E-state index in [0.29, 0.717) is 20.6 Å². The number of nitrogens with zero attached hydrogens (tertiary/aromatic N) is 3. The van der Waals surface area contributed by atoms with E-state index in [4.69, 9.17) is 5.11 Å². The number of carboxylic acid groups (broad SMARTS) is 1. The molecular formula is C13H12N4O4S3. The van der Waals surface area contributed by atoms with Crippen LogP contribution in [0.3, 0.4) is 0 Å². The largest absolute Gasteiger partial charge is 0.480 e. The Hall–Kier alpha value is -1.69. The minimum Gasteiger partial charge on any atom is -0.480 e. The summed E-state index contributed by atoms with van der Waals surface area (Å²) in [5, 5.41) is 31.8. The van der Waals surface area contributed by atoms with Gasteiger partial charge < -0.3 is 5.11 Å². The molecule has 0 spiro atoms. The zero-order valence-corrected chi connectivity index (χ0v) is 14.8. The van der Waals surface area contributed by atoms with E-state index >= 15 is 0 Å². The molecule has 24 heavy (non-hydrogen) atoms. The molecule has 1 aliphatic heterocycles. The molecule has 2 aromatic rings. The number of carboxylic acids is 1. The minimum atomic E-state index is -0.918. The van der Waals surface area contributed by atoms with E-state index in [-0.39, 0.29) is 11.1 Å². The molecule has 1 aliphatic rings. The first-order chi connectivity index (χ1) is 11.4. The Morgan fingerprint density at radius 2 is 2.29 bits per heavy atom. The number of benzene rings is 1. The van der Waals surface area contributed by atoms with Crippen LogP contribution in [-0.4, -0.2) is 38.0 Å². The van der Waals surface area contributed by atoms with Gasteiger partial charge in [0.1, 0.15) is 11.0 Å². The van der Waals surface area contributed by atoms with Gasteiger partial charge in [0, 0.05) is 11.8 Å². The molecule has 1 aromatic carbocycles. The Morgan fingerprint density at radius 3 is 2.88 bits per heavy atom. The van der Waals surface area contributed by atoms with Crippen molar-refractivity contribution in [2.45, 2.75) is 27.6 Å². The van der Waals surface area contributed by atoms with Crippen molar-refractivity contribution in [2.24, 2.45) is 0 Å². The second-order valence-electron chi connectivity index (χ2n) is 4.94. The van der Waals surface area contributed by atoms with Crippen LogP contribution in [0, 0.1) is 17.0 Å². The summed E-state index contributed by atoms with van der Waals surface area (Å²) in [5.41, 5.74) is 0.666. The molecule has 2 atom stereocenters. The lowest BCUT2D eigenvalue weighted by Crippen LogP contribution is -2.33. The van der Waals surface area contributed by atoms with E-state index < -0.39 is 16.9 Å². The Kier molecular flexibility index (Phi) is 5.04.